The van der Waals surface area contributed by atoms with Crippen LogP contribution in [-0.2, 0) is 0 Å². The molecule has 2 heterocycles. The van der Waals surface area contributed by atoms with E-state index < -0.39 is 20.7 Å². The van der Waals surface area contributed by atoms with Gasteiger partial charge in [-0.05, 0) is 0 Å². The van der Waals surface area contributed by atoms with Crippen molar-refractivity contribution in [1.29, 1.82) is 0 Å². The van der Waals surface area contributed by atoms with Gasteiger partial charge in [0.2, 0.25) is 0 Å². The second-order valence-corrected chi connectivity index (χ2v) is 4.51. The van der Waals surface area contributed by atoms with Crippen molar-refractivity contribution < 1.29 is 4.92 Å². The van der Waals surface area contributed by atoms with Crippen LogP contribution in [0.1, 0.15) is 5.56 Å². The fourth-order valence-corrected chi connectivity index (χ4v) is 2.83. The number of nitro groups is 1. The average Bonchev–Trinajstić information content (AvgIpc) is 2.49. The molecule has 0 saturated heterocycles. The van der Waals surface area contributed by atoms with E-state index in [9.17, 15) is 10.1 Å². The fourth-order valence-electron chi connectivity index (χ4n) is 0.862. The van der Waals surface area contributed by atoms with Crippen LogP contribution in [0, 0.1) is 13.8 Å². The zero-order valence-corrected chi connectivity index (χ0v) is 7.98. The molecule has 0 atom stereocenters. The minimum Gasteiger partial charge on any atom is -0.272 e. The molecule has 0 radical (unpaired) electrons. The van der Waals surface area contributed by atoms with Gasteiger partial charge in [0.25, 0.3) is 5.70 Å². The molecule has 0 aliphatic carbocycles. The first-order valence-electron chi connectivity index (χ1n) is 3.13. The lowest BCUT2D eigenvalue weighted by Gasteiger charge is -1.96. The molecule has 1 aromatic heterocycles. The van der Waals surface area contributed by atoms with Crippen molar-refractivity contribution in [2.24, 2.45) is 0 Å². The number of H-pyrrole nitrogens is 1. The van der Waals surface area contributed by atoms with Gasteiger partial charge in [-0.15, -0.1) is 0 Å². The van der Waals surface area contributed by atoms with Crippen LogP contribution in [-0.4, -0.2) is 19.1 Å². The summed E-state index contributed by atoms with van der Waals surface area (Å²) >= 11 is -0.394. The summed E-state index contributed by atoms with van der Waals surface area (Å²) in [5, 5.41) is 17.0. The van der Waals surface area contributed by atoms with Gasteiger partial charge in [0.1, 0.15) is 0 Å². The van der Waals surface area contributed by atoms with Gasteiger partial charge in [0.15, 0.2) is 0 Å². The number of allylic oxidation sites excluding steroid dienone is 1. The lowest BCUT2D eigenvalue weighted by Crippen LogP contribution is -2.01. The molecule has 0 amide bonds. The van der Waals surface area contributed by atoms with Gasteiger partial charge in [-0.1, -0.05) is 20.7 Å². The summed E-state index contributed by atoms with van der Waals surface area (Å²) in [5.41, 5.74) is 1.05. The Bertz CT molecular complexity index is 393. The first-order chi connectivity index (χ1) is 5.77. The Labute approximate surface area is 77.4 Å². The number of fused-ring (bicyclic) bond motifs is 1. The van der Waals surface area contributed by atoms with E-state index in [2.05, 4.69) is 10.2 Å². The zero-order chi connectivity index (χ0) is 8.55. The third-order valence-corrected chi connectivity index (χ3v) is 3.85. The first kappa shape index (κ1) is 7.59. The molecule has 62 valence electrons. The second kappa shape index (κ2) is 2.77. The molecular weight excluding hydrogens is 273 g/mol. The van der Waals surface area contributed by atoms with Crippen LogP contribution in [0.3, 0.4) is 0 Å². The molecule has 1 aliphatic heterocycles. The minimum absolute atomic E-state index is 0.191. The summed E-state index contributed by atoms with van der Waals surface area (Å²) in [6, 6.07) is 0. The molecule has 1 aromatic rings. The molecule has 12 heavy (non-hydrogen) atoms. The Hall–Kier alpha value is -1.05. The highest BCUT2D eigenvalue weighted by Gasteiger charge is 2.14. The van der Waals surface area contributed by atoms with Gasteiger partial charge in [0.05, 0.1) is 18.8 Å². The highest BCUT2D eigenvalue weighted by Crippen LogP contribution is 2.22. The van der Waals surface area contributed by atoms with Crippen molar-refractivity contribution in [3.63, 3.8) is 0 Å². The van der Waals surface area contributed by atoms with Crippen molar-refractivity contribution >= 4 is 30.8 Å². The van der Waals surface area contributed by atoms with Gasteiger partial charge < -0.3 is 0 Å². The molecule has 1 aliphatic rings. The van der Waals surface area contributed by atoms with Gasteiger partial charge in [-0.2, -0.15) is 5.10 Å². The maximum atomic E-state index is 10.4. The molecule has 0 unspecified atom stereocenters. The largest absolute Gasteiger partial charge is 0.275 e. The van der Waals surface area contributed by atoms with E-state index in [1.54, 1.807) is 16.3 Å². The number of aromatic nitrogens is 2. The zero-order valence-electron chi connectivity index (χ0n) is 5.82. The van der Waals surface area contributed by atoms with Gasteiger partial charge in [-0.25, -0.2) is 0 Å². The van der Waals surface area contributed by atoms with Crippen molar-refractivity contribution in [2.75, 3.05) is 0 Å². The molecule has 5 nitrogen and oxygen atoms in total. The van der Waals surface area contributed by atoms with Gasteiger partial charge in [0, 0.05) is 11.6 Å². The van der Waals surface area contributed by atoms with E-state index in [0.29, 0.717) is 0 Å². The van der Waals surface area contributed by atoms with E-state index in [4.69, 9.17) is 0 Å². The van der Waals surface area contributed by atoms with E-state index in [0.717, 1.165) is 9.26 Å². The van der Waals surface area contributed by atoms with E-state index in [1.807, 2.05) is 0 Å². The number of nitrogens with zero attached hydrogens (tertiary/aromatic N) is 2. The Balaban J connectivity index is 2.50. The predicted octanol–water partition coefficient (Wildman–Crippen LogP) is 0.983. The standard InChI is InChI=1S/C6H4IN3O2/c11-10(12)5-1-4-3-8-9-6(4)7-2-5/h1-3H,(H,8,9). The molecule has 0 aromatic carbocycles. The van der Waals surface area contributed by atoms with E-state index >= 15 is 0 Å². The summed E-state index contributed by atoms with van der Waals surface area (Å²) in [5.74, 6) is 0. The molecule has 0 bridgehead atoms. The van der Waals surface area contributed by atoms with Crippen LogP contribution >= 0.6 is 20.7 Å². The summed E-state index contributed by atoms with van der Waals surface area (Å²) in [4.78, 5) is 10.0. The lowest BCUT2D eigenvalue weighted by atomic mass is 10.3. The number of aromatic amines is 1. The van der Waals surface area contributed by atoms with Crippen LogP contribution in [0.2, 0.25) is 0 Å². The van der Waals surface area contributed by atoms with Crippen LogP contribution < -0.4 is 0 Å². The topological polar surface area (TPSA) is 71.8 Å². The predicted molar refractivity (Wildman–Crippen MR) is 52.3 cm³/mol. The minimum atomic E-state index is -0.394. The molecule has 0 fully saturated rings. The Morgan fingerprint density at radius 2 is 2.50 bits per heavy atom. The molecular formula is C6H4IN3O2. The van der Waals surface area contributed by atoms with Crippen molar-refractivity contribution in [3.05, 3.63) is 31.3 Å². The third kappa shape index (κ3) is 1.17. The molecule has 2 rings (SSSR count). The molecule has 0 saturated carbocycles. The number of hydrogen-bond donors (Lipinski definition) is 1. The maximum Gasteiger partial charge on any atom is 0.275 e. The van der Waals surface area contributed by atoms with Gasteiger partial charge >= 0.3 is 0 Å². The van der Waals surface area contributed by atoms with Crippen molar-refractivity contribution in [3.8, 4) is 0 Å². The van der Waals surface area contributed by atoms with Crippen LogP contribution in [0.5, 0.6) is 0 Å². The number of nitrogens with one attached hydrogen (secondary N) is 1. The maximum absolute atomic E-state index is 10.4. The molecule has 0 spiro atoms. The number of rotatable bonds is 1. The Morgan fingerprint density at radius 1 is 1.67 bits per heavy atom. The molecule has 1 N–H and O–H groups in total. The number of hydrogen-bond acceptors (Lipinski definition) is 3. The lowest BCUT2D eigenvalue weighted by molar-refractivity contribution is -0.412. The average molecular weight is 277 g/mol. The summed E-state index contributed by atoms with van der Waals surface area (Å²) in [7, 11) is 0. The van der Waals surface area contributed by atoms with E-state index in [-0.39, 0.29) is 10.6 Å². The van der Waals surface area contributed by atoms with Gasteiger partial charge in [-0.3, -0.25) is 15.2 Å². The number of halogens is 1. The van der Waals surface area contributed by atoms with E-state index in [1.165, 1.54) is 0 Å². The monoisotopic (exact) mass is 277 g/mol. The summed E-state index contributed by atoms with van der Waals surface area (Å²) in [6.45, 7) is 0. The molecule has 6 heteroatoms. The smallest absolute Gasteiger partial charge is 0.272 e. The second-order valence-electron chi connectivity index (χ2n) is 2.18. The highest BCUT2D eigenvalue weighted by atomic mass is 127. The Kier molecular flexibility index (Phi) is 1.75. The summed E-state index contributed by atoms with van der Waals surface area (Å²) in [6.07, 6.45) is 3.16. The quantitative estimate of drug-likeness (QED) is 0.472. The summed E-state index contributed by atoms with van der Waals surface area (Å²) < 4.78 is 2.72. The highest BCUT2D eigenvalue weighted by molar-refractivity contribution is 14.2. The SMILES string of the molecule is O=[N+]([O-])C1=Cc2cn[nH]c2I=C1. The fraction of sp³-hybridized carbons (Fsp3) is 0. The normalized spacial score (nSPS) is 14.5. The van der Waals surface area contributed by atoms with Crippen molar-refractivity contribution in [2.45, 2.75) is 0 Å². The van der Waals surface area contributed by atoms with Crippen LogP contribution in [0.25, 0.3) is 6.08 Å². The van der Waals surface area contributed by atoms with Crippen LogP contribution in [0.15, 0.2) is 11.9 Å². The third-order valence-electron chi connectivity index (χ3n) is 1.41. The Morgan fingerprint density at radius 3 is 3.25 bits per heavy atom. The van der Waals surface area contributed by atoms with Crippen LogP contribution in [0.4, 0.5) is 0 Å². The van der Waals surface area contributed by atoms with Crippen molar-refractivity contribution in [1.82, 2.24) is 10.2 Å². The first-order valence-corrected chi connectivity index (χ1v) is 5.46.